The van der Waals surface area contributed by atoms with Crippen molar-refractivity contribution in [2.24, 2.45) is 5.73 Å². The van der Waals surface area contributed by atoms with E-state index in [1.165, 1.54) is 12.3 Å². The van der Waals surface area contributed by atoms with Crippen molar-refractivity contribution in [1.82, 2.24) is 10.3 Å². The third-order valence-electron chi connectivity index (χ3n) is 2.31. The minimum atomic E-state index is -1.22. The van der Waals surface area contributed by atoms with Crippen molar-refractivity contribution in [1.29, 1.82) is 0 Å². The van der Waals surface area contributed by atoms with E-state index in [0.717, 1.165) is 6.07 Å². The van der Waals surface area contributed by atoms with Crippen LogP contribution in [0.3, 0.4) is 0 Å². The smallest absolute Gasteiger partial charge is 0.354 e. The van der Waals surface area contributed by atoms with E-state index in [4.69, 9.17) is 10.8 Å². The first-order chi connectivity index (χ1) is 8.71. The molecule has 1 heterocycles. The first-order valence-corrected chi connectivity index (χ1v) is 5.51. The summed E-state index contributed by atoms with van der Waals surface area (Å²) >= 11 is 0. The van der Waals surface area contributed by atoms with Crippen LogP contribution in [0.1, 0.15) is 41.1 Å². The van der Waals surface area contributed by atoms with Crippen molar-refractivity contribution in [2.75, 3.05) is 0 Å². The lowest BCUT2D eigenvalue weighted by molar-refractivity contribution is -0.119. The maximum absolute atomic E-state index is 11.9. The molecule has 1 aromatic heterocycles. The average Bonchev–Trinajstić information content (AvgIpc) is 2.26. The number of amides is 2. The van der Waals surface area contributed by atoms with Gasteiger partial charge in [0.1, 0.15) is 5.69 Å². The van der Waals surface area contributed by atoms with E-state index in [1.807, 2.05) is 0 Å². The Bertz CT molecular complexity index is 525. The summed E-state index contributed by atoms with van der Waals surface area (Å²) in [6.07, 6.45) is 1.22. The van der Waals surface area contributed by atoms with Gasteiger partial charge in [0.25, 0.3) is 5.91 Å². The summed E-state index contributed by atoms with van der Waals surface area (Å²) in [5, 5.41) is 11.4. The van der Waals surface area contributed by atoms with Gasteiger partial charge in [-0.3, -0.25) is 9.59 Å². The molecule has 1 rings (SSSR count). The van der Waals surface area contributed by atoms with Crippen LogP contribution in [-0.2, 0) is 4.79 Å². The van der Waals surface area contributed by atoms with Gasteiger partial charge in [-0.15, -0.1) is 0 Å². The van der Waals surface area contributed by atoms with E-state index >= 15 is 0 Å². The summed E-state index contributed by atoms with van der Waals surface area (Å²) in [6, 6.07) is 2.56. The number of aromatic carboxylic acids is 1. The normalized spacial score (nSPS) is 10.8. The Hall–Kier alpha value is -2.44. The van der Waals surface area contributed by atoms with Gasteiger partial charge in [0.05, 0.1) is 0 Å². The highest BCUT2D eigenvalue weighted by molar-refractivity contribution is 5.97. The maximum atomic E-state index is 11.9. The van der Waals surface area contributed by atoms with E-state index in [-0.39, 0.29) is 17.7 Å². The minimum absolute atomic E-state index is 0.0182. The molecule has 0 aliphatic carbocycles. The van der Waals surface area contributed by atoms with E-state index in [2.05, 4.69) is 10.3 Å². The number of nitrogens with two attached hydrogens (primary N) is 1. The first kappa shape index (κ1) is 14.6. The molecule has 0 aliphatic heterocycles. The van der Waals surface area contributed by atoms with Crippen molar-refractivity contribution in [3.63, 3.8) is 0 Å². The highest BCUT2D eigenvalue weighted by atomic mass is 16.4. The molecule has 19 heavy (non-hydrogen) atoms. The molecular weight excluding hydrogens is 250 g/mol. The maximum Gasteiger partial charge on any atom is 0.354 e. The van der Waals surface area contributed by atoms with Crippen LogP contribution in [0.5, 0.6) is 0 Å². The van der Waals surface area contributed by atoms with Crippen LogP contribution in [-0.4, -0.2) is 33.4 Å². The largest absolute Gasteiger partial charge is 0.477 e. The number of hydrogen-bond acceptors (Lipinski definition) is 4. The second-order valence-electron chi connectivity index (χ2n) is 4.72. The molecule has 0 spiro atoms. The molecule has 0 bridgehead atoms. The van der Waals surface area contributed by atoms with Crippen LogP contribution < -0.4 is 11.1 Å². The van der Waals surface area contributed by atoms with Gasteiger partial charge in [0.15, 0.2) is 0 Å². The second-order valence-corrected chi connectivity index (χ2v) is 4.72. The van der Waals surface area contributed by atoms with E-state index in [0.29, 0.717) is 0 Å². The van der Waals surface area contributed by atoms with Gasteiger partial charge in [0, 0.05) is 23.7 Å². The number of carbonyl (C=O) groups excluding carboxylic acids is 2. The highest BCUT2D eigenvalue weighted by Crippen LogP contribution is 2.10. The Morgan fingerprint density at radius 2 is 2.05 bits per heavy atom. The lowest BCUT2D eigenvalue weighted by atomic mass is 9.99. The van der Waals surface area contributed by atoms with Gasteiger partial charge in [-0.05, 0) is 26.0 Å². The van der Waals surface area contributed by atoms with Crippen molar-refractivity contribution in [3.05, 3.63) is 29.6 Å². The van der Waals surface area contributed by atoms with Gasteiger partial charge in [-0.1, -0.05) is 0 Å². The van der Waals surface area contributed by atoms with Crippen molar-refractivity contribution < 1.29 is 19.5 Å². The van der Waals surface area contributed by atoms with Crippen molar-refractivity contribution >= 4 is 17.8 Å². The summed E-state index contributed by atoms with van der Waals surface area (Å²) in [4.78, 5) is 37.2. The van der Waals surface area contributed by atoms with E-state index < -0.39 is 23.3 Å². The van der Waals surface area contributed by atoms with Crippen LogP contribution in [0, 0.1) is 0 Å². The molecule has 102 valence electrons. The van der Waals surface area contributed by atoms with Gasteiger partial charge in [-0.2, -0.15) is 0 Å². The number of carboxylic acids is 1. The zero-order valence-corrected chi connectivity index (χ0v) is 10.6. The monoisotopic (exact) mass is 265 g/mol. The van der Waals surface area contributed by atoms with Crippen molar-refractivity contribution in [3.8, 4) is 0 Å². The SMILES string of the molecule is CC(C)(CC(N)=O)NC(=O)c1ccnc(C(=O)O)c1. The number of carboxylic acid groups (broad SMARTS) is 1. The molecule has 7 heteroatoms. The molecule has 2 amide bonds. The molecule has 7 nitrogen and oxygen atoms in total. The third kappa shape index (κ3) is 4.38. The summed E-state index contributed by atoms with van der Waals surface area (Å²) in [5.41, 5.74) is 4.20. The van der Waals surface area contributed by atoms with Gasteiger partial charge in [-0.25, -0.2) is 9.78 Å². The number of pyridine rings is 1. The summed E-state index contributed by atoms with van der Waals surface area (Å²) < 4.78 is 0. The molecule has 1 aromatic rings. The Kier molecular flexibility index (Phi) is 4.21. The Balaban J connectivity index is 2.86. The van der Waals surface area contributed by atoms with Gasteiger partial charge < -0.3 is 16.2 Å². The van der Waals surface area contributed by atoms with Crippen molar-refractivity contribution in [2.45, 2.75) is 25.8 Å². The molecule has 0 unspecified atom stereocenters. The Morgan fingerprint density at radius 3 is 2.58 bits per heavy atom. The summed E-state index contributed by atoms with van der Waals surface area (Å²) in [5.74, 6) is -2.24. The standard InChI is InChI=1S/C12H15N3O4/c1-12(2,6-9(13)16)15-10(17)7-3-4-14-8(5-7)11(18)19/h3-5H,6H2,1-2H3,(H2,13,16)(H,15,17)(H,18,19). The number of primary amides is 1. The molecule has 0 saturated heterocycles. The highest BCUT2D eigenvalue weighted by Gasteiger charge is 2.23. The fourth-order valence-electron chi connectivity index (χ4n) is 1.55. The third-order valence-corrected chi connectivity index (χ3v) is 2.31. The Labute approximate surface area is 109 Å². The molecule has 0 radical (unpaired) electrons. The quantitative estimate of drug-likeness (QED) is 0.700. The lowest BCUT2D eigenvalue weighted by Gasteiger charge is -2.24. The molecule has 0 atom stereocenters. The number of hydrogen-bond donors (Lipinski definition) is 3. The first-order valence-electron chi connectivity index (χ1n) is 5.51. The van der Waals surface area contributed by atoms with E-state index in [1.54, 1.807) is 13.8 Å². The lowest BCUT2D eigenvalue weighted by Crippen LogP contribution is -2.46. The number of rotatable bonds is 5. The number of aromatic nitrogens is 1. The van der Waals surface area contributed by atoms with Crippen LogP contribution >= 0.6 is 0 Å². The molecule has 0 fully saturated rings. The Morgan fingerprint density at radius 1 is 1.42 bits per heavy atom. The average molecular weight is 265 g/mol. The van der Waals surface area contributed by atoms with Crippen LogP contribution in [0.2, 0.25) is 0 Å². The fraction of sp³-hybridized carbons (Fsp3) is 0.333. The number of nitrogens with one attached hydrogen (secondary N) is 1. The van der Waals surface area contributed by atoms with E-state index in [9.17, 15) is 14.4 Å². The van der Waals surface area contributed by atoms with Gasteiger partial charge in [0.2, 0.25) is 5.91 Å². The molecule has 0 saturated carbocycles. The minimum Gasteiger partial charge on any atom is -0.477 e. The topological polar surface area (TPSA) is 122 Å². The predicted octanol–water partition coefficient (Wildman–Crippen LogP) is 0.164. The molecule has 4 N–H and O–H groups in total. The summed E-state index contributed by atoms with van der Waals surface area (Å²) in [6.45, 7) is 3.30. The zero-order valence-electron chi connectivity index (χ0n) is 10.6. The number of nitrogens with zero attached hydrogens (tertiary/aromatic N) is 1. The molecule has 0 aromatic carbocycles. The molecular formula is C12H15N3O4. The fourth-order valence-corrected chi connectivity index (χ4v) is 1.55. The number of carbonyl (C=O) groups is 3. The zero-order chi connectivity index (χ0) is 14.6. The van der Waals surface area contributed by atoms with Crippen LogP contribution in [0.15, 0.2) is 18.3 Å². The predicted molar refractivity (Wildman–Crippen MR) is 66.6 cm³/mol. The van der Waals surface area contributed by atoms with Crippen LogP contribution in [0.25, 0.3) is 0 Å². The van der Waals surface area contributed by atoms with Gasteiger partial charge >= 0.3 is 5.97 Å². The summed E-state index contributed by atoms with van der Waals surface area (Å²) in [7, 11) is 0. The second kappa shape index (κ2) is 5.47. The van der Waals surface area contributed by atoms with Crippen LogP contribution in [0.4, 0.5) is 0 Å². The molecule has 0 aliphatic rings.